The van der Waals surface area contributed by atoms with Gasteiger partial charge < -0.3 is 10.6 Å². The Kier molecular flexibility index (Phi) is 4.96. The van der Waals surface area contributed by atoms with E-state index in [2.05, 4.69) is 15.6 Å². The molecule has 1 aliphatic rings. The number of benzene rings is 1. The molecule has 2 heterocycles. The summed E-state index contributed by atoms with van der Waals surface area (Å²) < 4.78 is 13.1. The Labute approximate surface area is 145 Å². The van der Waals surface area contributed by atoms with E-state index >= 15 is 0 Å². The number of nitrogens with zero attached hydrogens (tertiary/aromatic N) is 1. The molecule has 2 unspecified atom stereocenters. The highest BCUT2D eigenvalue weighted by Crippen LogP contribution is 2.32. The Morgan fingerprint density at radius 1 is 1.33 bits per heavy atom. The lowest BCUT2D eigenvalue weighted by Gasteiger charge is -2.32. The maximum absolute atomic E-state index is 13.1. The van der Waals surface area contributed by atoms with Crippen LogP contribution in [0.4, 0.5) is 4.39 Å². The van der Waals surface area contributed by atoms with E-state index in [0.29, 0.717) is 5.92 Å². The van der Waals surface area contributed by atoms with Crippen molar-refractivity contribution in [1.29, 1.82) is 0 Å². The van der Waals surface area contributed by atoms with Crippen LogP contribution >= 0.6 is 11.3 Å². The van der Waals surface area contributed by atoms with Gasteiger partial charge >= 0.3 is 0 Å². The molecule has 2 atom stereocenters. The Bertz CT molecular complexity index is 724. The fraction of sp³-hybridized carbons (Fsp3) is 0.444. The smallest absolute Gasteiger partial charge is 0.223 e. The number of carbonyl (C=O) groups is 1. The van der Waals surface area contributed by atoms with Gasteiger partial charge in [0.2, 0.25) is 5.91 Å². The van der Waals surface area contributed by atoms with Crippen LogP contribution in [0, 0.1) is 24.6 Å². The van der Waals surface area contributed by atoms with Crippen molar-refractivity contribution in [2.24, 2.45) is 11.8 Å². The van der Waals surface area contributed by atoms with E-state index in [-0.39, 0.29) is 23.7 Å². The van der Waals surface area contributed by atoms with Crippen molar-refractivity contribution in [1.82, 2.24) is 15.6 Å². The van der Waals surface area contributed by atoms with Gasteiger partial charge in [0.15, 0.2) is 0 Å². The van der Waals surface area contributed by atoms with Crippen LogP contribution in [-0.4, -0.2) is 24.0 Å². The van der Waals surface area contributed by atoms with E-state index in [9.17, 15) is 9.18 Å². The van der Waals surface area contributed by atoms with E-state index in [4.69, 9.17) is 0 Å². The molecule has 1 fully saturated rings. The Hall–Kier alpha value is -1.79. The number of rotatable bonds is 5. The molecule has 4 nitrogen and oxygen atoms in total. The summed E-state index contributed by atoms with van der Waals surface area (Å²) in [4.78, 5) is 18.0. The zero-order chi connectivity index (χ0) is 17.3. The van der Waals surface area contributed by atoms with Crippen molar-refractivity contribution in [2.45, 2.75) is 26.8 Å². The second kappa shape index (κ2) is 6.99. The van der Waals surface area contributed by atoms with Gasteiger partial charge in [0.1, 0.15) is 10.8 Å². The fourth-order valence-electron chi connectivity index (χ4n) is 2.81. The van der Waals surface area contributed by atoms with Gasteiger partial charge in [0, 0.05) is 11.5 Å². The average molecular weight is 347 g/mol. The second-order valence-electron chi connectivity index (χ2n) is 6.41. The SMILES string of the molecule is Cc1nc(-c2ccc(F)cc2)sc1C(C)NC(=O)C(C)C1CNC1. The van der Waals surface area contributed by atoms with Crippen LogP contribution in [0.25, 0.3) is 10.6 Å². The number of aryl methyl sites for hydroxylation is 1. The Morgan fingerprint density at radius 2 is 2.00 bits per heavy atom. The minimum atomic E-state index is -0.257. The number of thiazole rings is 1. The number of amides is 1. The molecule has 1 amide bonds. The van der Waals surface area contributed by atoms with Gasteiger partial charge in [0.25, 0.3) is 0 Å². The molecule has 128 valence electrons. The summed E-state index contributed by atoms with van der Waals surface area (Å²) in [6.07, 6.45) is 0. The molecule has 1 aliphatic heterocycles. The molecule has 1 saturated heterocycles. The van der Waals surface area contributed by atoms with Crippen molar-refractivity contribution < 1.29 is 9.18 Å². The number of hydrogen-bond acceptors (Lipinski definition) is 4. The van der Waals surface area contributed by atoms with Crippen LogP contribution in [0.2, 0.25) is 0 Å². The van der Waals surface area contributed by atoms with Crippen LogP contribution in [-0.2, 0) is 4.79 Å². The topological polar surface area (TPSA) is 54.0 Å². The molecular formula is C18H22FN3OS. The first-order valence-electron chi connectivity index (χ1n) is 8.20. The van der Waals surface area contributed by atoms with Crippen LogP contribution in [0.1, 0.15) is 30.5 Å². The molecule has 0 spiro atoms. The van der Waals surface area contributed by atoms with Crippen molar-refractivity contribution >= 4 is 17.2 Å². The normalized spacial score (nSPS) is 17.2. The molecule has 0 bridgehead atoms. The van der Waals surface area contributed by atoms with Gasteiger partial charge in [-0.2, -0.15) is 0 Å². The third kappa shape index (κ3) is 3.49. The van der Waals surface area contributed by atoms with Gasteiger partial charge in [-0.1, -0.05) is 6.92 Å². The van der Waals surface area contributed by atoms with E-state index in [1.807, 2.05) is 20.8 Å². The lowest BCUT2D eigenvalue weighted by Crippen LogP contribution is -2.49. The molecule has 1 aromatic heterocycles. The monoisotopic (exact) mass is 347 g/mol. The summed E-state index contributed by atoms with van der Waals surface area (Å²) >= 11 is 1.55. The van der Waals surface area contributed by atoms with Crippen molar-refractivity contribution in [2.75, 3.05) is 13.1 Å². The molecule has 3 rings (SSSR count). The van der Waals surface area contributed by atoms with Crippen molar-refractivity contribution in [3.8, 4) is 10.6 Å². The molecule has 1 aromatic carbocycles. The minimum absolute atomic E-state index is 0.0125. The fourth-order valence-corrected chi connectivity index (χ4v) is 3.89. The maximum atomic E-state index is 13.1. The summed E-state index contributed by atoms with van der Waals surface area (Å²) in [7, 11) is 0. The molecule has 2 aromatic rings. The first-order valence-corrected chi connectivity index (χ1v) is 9.01. The molecule has 0 saturated carbocycles. The molecule has 2 N–H and O–H groups in total. The van der Waals surface area contributed by atoms with Crippen LogP contribution in [0.5, 0.6) is 0 Å². The van der Waals surface area contributed by atoms with Crippen molar-refractivity contribution in [3.63, 3.8) is 0 Å². The third-order valence-corrected chi connectivity index (χ3v) is 6.00. The predicted molar refractivity (Wildman–Crippen MR) is 94.3 cm³/mol. The van der Waals surface area contributed by atoms with Crippen molar-refractivity contribution in [3.05, 3.63) is 40.7 Å². The molecule has 24 heavy (non-hydrogen) atoms. The lowest BCUT2D eigenvalue weighted by molar-refractivity contribution is -0.127. The van der Waals surface area contributed by atoms with Crippen LogP contribution in [0.3, 0.4) is 0 Å². The van der Waals surface area contributed by atoms with E-state index in [1.54, 1.807) is 23.5 Å². The first-order chi connectivity index (χ1) is 11.5. The molecular weight excluding hydrogens is 325 g/mol. The number of nitrogens with one attached hydrogen (secondary N) is 2. The van der Waals surface area contributed by atoms with Gasteiger partial charge in [-0.15, -0.1) is 11.3 Å². The second-order valence-corrected chi connectivity index (χ2v) is 7.44. The minimum Gasteiger partial charge on any atom is -0.348 e. The standard InChI is InChI=1S/C18H22FN3OS/c1-10(14-8-20-9-14)17(23)21-11(2)16-12(3)22-18(24-16)13-4-6-15(19)7-5-13/h4-7,10-11,14,20H,8-9H2,1-3H3,(H,21,23). The quantitative estimate of drug-likeness (QED) is 0.873. The van der Waals surface area contributed by atoms with Gasteiger partial charge in [-0.05, 0) is 57.1 Å². The first kappa shape index (κ1) is 17.0. The Morgan fingerprint density at radius 3 is 2.58 bits per heavy atom. The van der Waals surface area contributed by atoms with Crippen LogP contribution < -0.4 is 10.6 Å². The maximum Gasteiger partial charge on any atom is 0.223 e. The van der Waals surface area contributed by atoms with Gasteiger partial charge in [-0.25, -0.2) is 9.37 Å². The summed E-state index contributed by atoms with van der Waals surface area (Å²) in [6, 6.07) is 6.24. The van der Waals surface area contributed by atoms with E-state index in [0.717, 1.165) is 34.2 Å². The zero-order valence-corrected chi connectivity index (χ0v) is 14.9. The number of aromatic nitrogens is 1. The van der Waals surface area contributed by atoms with E-state index < -0.39 is 0 Å². The molecule has 6 heteroatoms. The van der Waals surface area contributed by atoms with Gasteiger partial charge in [-0.3, -0.25) is 4.79 Å². The predicted octanol–water partition coefficient (Wildman–Crippen LogP) is 3.29. The highest BCUT2D eigenvalue weighted by atomic mass is 32.1. The summed E-state index contributed by atoms with van der Waals surface area (Å²) in [5.41, 5.74) is 1.80. The zero-order valence-electron chi connectivity index (χ0n) is 14.1. The van der Waals surface area contributed by atoms with E-state index in [1.165, 1.54) is 12.1 Å². The number of hydrogen-bond donors (Lipinski definition) is 2. The Balaban J connectivity index is 1.71. The third-order valence-electron chi connectivity index (χ3n) is 4.61. The molecule has 0 aliphatic carbocycles. The van der Waals surface area contributed by atoms with Crippen LogP contribution in [0.15, 0.2) is 24.3 Å². The largest absolute Gasteiger partial charge is 0.348 e. The summed E-state index contributed by atoms with van der Waals surface area (Å²) in [6.45, 7) is 7.74. The summed E-state index contributed by atoms with van der Waals surface area (Å²) in [5, 5.41) is 7.15. The molecule has 0 radical (unpaired) electrons. The van der Waals surface area contributed by atoms with Gasteiger partial charge in [0.05, 0.1) is 16.6 Å². The number of halogens is 1. The lowest BCUT2D eigenvalue weighted by atomic mass is 9.88. The highest BCUT2D eigenvalue weighted by Gasteiger charge is 2.29. The highest BCUT2D eigenvalue weighted by molar-refractivity contribution is 7.15. The number of carbonyl (C=O) groups excluding carboxylic acids is 1. The summed E-state index contributed by atoms with van der Waals surface area (Å²) in [5.74, 6) is 0.269. The average Bonchev–Trinajstić information content (AvgIpc) is 2.88.